The number of amides is 1. The zero-order valence-corrected chi connectivity index (χ0v) is 26.0. The SMILES string of the molecule is CC.Cc1c(NC2CN(C(=O)OC(C)(C)C)C2)ncc2c1[C@@](C)(c1cccc(Cl)c1F)CN2c1cc(F)c(C#N)cc1F. The predicted octanol–water partition coefficient (Wildman–Crippen LogP) is 7.85. The van der Waals surface area contributed by atoms with E-state index in [4.69, 9.17) is 21.6 Å². The summed E-state index contributed by atoms with van der Waals surface area (Å²) in [5.41, 5.74) is -0.0121. The van der Waals surface area contributed by atoms with Gasteiger partial charge in [-0.2, -0.15) is 5.26 Å². The highest BCUT2D eigenvalue weighted by molar-refractivity contribution is 6.30. The normalized spacial score (nSPS) is 17.8. The van der Waals surface area contributed by atoms with Crippen molar-refractivity contribution in [3.05, 3.63) is 81.3 Å². The number of halogens is 4. The summed E-state index contributed by atoms with van der Waals surface area (Å²) in [4.78, 5) is 20.1. The Kier molecular flexibility index (Phi) is 8.89. The fourth-order valence-electron chi connectivity index (χ4n) is 5.56. The van der Waals surface area contributed by atoms with Crippen LogP contribution >= 0.6 is 11.6 Å². The molecule has 2 aromatic carbocycles. The molecule has 0 bridgehead atoms. The number of aromatic nitrogens is 1. The Hall–Kier alpha value is -3.97. The largest absolute Gasteiger partial charge is 0.444 e. The molecule has 0 aliphatic carbocycles. The second-order valence-corrected chi connectivity index (χ2v) is 12.0. The van der Waals surface area contributed by atoms with Crippen molar-refractivity contribution in [1.82, 2.24) is 9.88 Å². The number of carbonyl (C=O) groups excluding carboxylic acids is 1. The average Bonchev–Trinajstić information content (AvgIpc) is 3.23. The highest BCUT2D eigenvalue weighted by Gasteiger charge is 2.46. The third-order valence-electron chi connectivity index (χ3n) is 7.49. The molecule has 3 aromatic rings. The second kappa shape index (κ2) is 12.0. The number of benzene rings is 2. The van der Waals surface area contributed by atoms with Crippen LogP contribution in [0.1, 0.15) is 63.8 Å². The first-order valence-electron chi connectivity index (χ1n) is 14.1. The first-order chi connectivity index (χ1) is 20.2. The maximum absolute atomic E-state index is 15.5. The average molecular weight is 614 g/mol. The van der Waals surface area contributed by atoms with Crippen LogP contribution in [0.5, 0.6) is 0 Å². The number of hydrogen-bond acceptors (Lipinski definition) is 6. The topological polar surface area (TPSA) is 81.5 Å². The van der Waals surface area contributed by atoms with Gasteiger partial charge in [0, 0.05) is 36.7 Å². The highest BCUT2D eigenvalue weighted by Crippen LogP contribution is 2.51. The summed E-state index contributed by atoms with van der Waals surface area (Å²) in [6.45, 7) is 14.0. The molecule has 5 rings (SSSR count). The second-order valence-electron chi connectivity index (χ2n) is 11.6. The van der Waals surface area contributed by atoms with Crippen LogP contribution in [0.2, 0.25) is 5.02 Å². The van der Waals surface area contributed by atoms with Crippen LogP contribution in [0.4, 0.5) is 35.2 Å². The van der Waals surface area contributed by atoms with Gasteiger partial charge in [-0.3, -0.25) is 0 Å². The van der Waals surface area contributed by atoms with Crippen molar-refractivity contribution in [3.63, 3.8) is 0 Å². The molecule has 1 N–H and O–H groups in total. The van der Waals surface area contributed by atoms with Gasteiger partial charge in [0.1, 0.15) is 34.9 Å². The van der Waals surface area contributed by atoms with E-state index in [1.807, 2.05) is 27.7 Å². The maximum Gasteiger partial charge on any atom is 0.410 e. The number of fused-ring (bicyclic) bond motifs is 1. The van der Waals surface area contributed by atoms with Crippen molar-refractivity contribution in [1.29, 1.82) is 5.26 Å². The fraction of sp³-hybridized carbons (Fsp3) is 0.406. The van der Waals surface area contributed by atoms with Crippen LogP contribution in [-0.4, -0.2) is 47.3 Å². The van der Waals surface area contributed by atoms with E-state index < -0.39 is 40.1 Å². The number of hydrogen-bond donors (Lipinski definition) is 1. The van der Waals surface area contributed by atoms with E-state index in [1.54, 1.807) is 48.8 Å². The number of anilines is 3. The molecule has 1 aromatic heterocycles. The Morgan fingerprint density at radius 3 is 2.47 bits per heavy atom. The Morgan fingerprint density at radius 2 is 1.84 bits per heavy atom. The number of nitriles is 1. The molecule has 0 radical (unpaired) electrons. The number of nitrogens with zero attached hydrogens (tertiary/aromatic N) is 4. The number of likely N-dealkylation sites (tertiary alicyclic amines) is 1. The minimum atomic E-state index is -1.03. The van der Waals surface area contributed by atoms with Gasteiger partial charge in [-0.1, -0.05) is 37.6 Å². The Balaban J connectivity index is 0.00000207. The van der Waals surface area contributed by atoms with Crippen molar-refractivity contribution in [2.75, 3.05) is 29.9 Å². The minimum Gasteiger partial charge on any atom is -0.444 e. The maximum atomic E-state index is 15.5. The molecule has 0 unspecified atom stereocenters. The monoisotopic (exact) mass is 613 g/mol. The molecule has 3 heterocycles. The number of carbonyl (C=O) groups is 1. The van der Waals surface area contributed by atoms with Crippen LogP contribution in [0, 0.1) is 35.7 Å². The number of ether oxygens (including phenoxy) is 1. The van der Waals surface area contributed by atoms with Crippen LogP contribution in [0.15, 0.2) is 36.5 Å². The lowest BCUT2D eigenvalue weighted by Gasteiger charge is -2.40. The first kappa shape index (κ1) is 32.0. The molecular weight excluding hydrogens is 579 g/mol. The van der Waals surface area contributed by atoms with Gasteiger partial charge in [-0.25, -0.2) is 22.9 Å². The van der Waals surface area contributed by atoms with Gasteiger partial charge in [-0.05, 0) is 57.9 Å². The summed E-state index contributed by atoms with van der Waals surface area (Å²) in [5, 5.41) is 12.4. The fourth-order valence-corrected chi connectivity index (χ4v) is 5.73. The van der Waals surface area contributed by atoms with Crippen molar-refractivity contribution < 1.29 is 22.7 Å². The molecule has 1 fully saturated rings. The standard InChI is InChI=1S/C30H29ClF3N5O2.C2H6/c1-16-25-24(12-36-27(16)37-18-13-38(14-18)28(40)41-29(2,3)4)39(23-10-21(32)17(11-35)9-22(23)33)15-30(25,5)19-7-6-8-20(31)26(19)34;1-2/h6-10,12,18H,13-15H2,1-5H3,(H,36,37);1-2H3/t30-;/m1./s1. The molecule has 7 nitrogen and oxygen atoms in total. The van der Waals surface area contributed by atoms with E-state index in [2.05, 4.69) is 10.3 Å². The van der Waals surface area contributed by atoms with E-state index >= 15 is 8.78 Å². The molecule has 43 heavy (non-hydrogen) atoms. The van der Waals surface area contributed by atoms with Gasteiger partial charge in [0.2, 0.25) is 0 Å². The van der Waals surface area contributed by atoms with Crippen LogP contribution in [0.3, 0.4) is 0 Å². The molecule has 1 atom stereocenters. The predicted molar refractivity (Wildman–Crippen MR) is 161 cm³/mol. The van der Waals surface area contributed by atoms with Crippen molar-refractivity contribution in [3.8, 4) is 6.07 Å². The van der Waals surface area contributed by atoms with E-state index in [1.165, 1.54) is 12.3 Å². The van der Waals surface area contributed by atoms with Crippen LogP contribution in [-0.2, 0) is 10.2 Å². The molecule has 0 spiro atoms. The number of nitrogens with one attached hydrogen (secondary N) is 1. The Morgan fingerprint density at radius 1 is 1.16 bits per heavy atom. The number of pyridine rings is 1. The summed E-state index contributed by atoms with van der Waals surface area (Å²) >= 11 is 6.16. The van der Waals surface area contributed by atoms with E-state index in [9.17, 15) is 9.18 Å². The third kappa shape index (κ3) is 5.96. The lowest BCUT2D eigenvalue weighted by molar-refractivity contribution is 0.0104. The Labute approximate surface area is 255 Å². The lowest BCUT2D eigenvalue weighted by Crippen LogP contribution is -2.58. The molecule has 2 aliphatic heterocycles. The third-order valence-corrected chi connectivity index (χ3v) is 7.78. The summed E-state index contributed by atoms with van der Waals surface area (Å²) in [7, 11) is 0. The van der Waals surface area contributed by atoms with Gasteiger partial charge in [0.25, 0.3) is 0 Å². The summed E-state index contributed by atoms with van der Waals surface area (Å²) < 4.78 is 50.8. The highest BCUT2D eigenvalue weighted by atomic mass is 35.5. The Bertz CT molecular complexity index is 1600. The van der Waals surface area contributed by atoms with Crippen LogP contribution < -0.4 is 10.2 Å². The molecule has 1 amide bonds. The molecule has 0 saturated carbocycles. The molecule has 228 valence electrons. The summed E-state index contributed by atoms with van der Waals surface area (Å²) in [6, 6.07) is 8.09. The van der Waals surface area contributed by atoms with Gasteiger partial charge in [-0.15, -0.1) is 0 Å². The zero-order chi connectivity index (χ0) is 31.9. The summed E-state index contributed by atoms with van der Waals surface area (Å²) in [6.07, 6.45) is 1.14. The van der Waals surface area contributed by atoms with Crippen molar-refractivity contribution >= 4 is 34.9 Å². The van der Waals surface area contributed by atoms with Gasteiger partial charge < -0.3 is 19.9 Å². The molecule has 11 heteroatoms. The minimum absolute atomic E-state index is 0.0546. The van der Waals surface area contributed by atoms with E-state index in [0.717, 1.165) is 12.1 Å². The zero-order valence-electron chi connectivity index (χ0n) is 25.3. The molecular formula is C32H35ClF3N5O2. The molecule has 1 saturated heterocycles. The number of rotatable bonds is 4. The first-order valence-corrected chi connectivity index (χ1v) is 14.5. The van der Waals surface area contributed by atoms with Crippen molar-refractivity contribution in [2.45, 2.75) is 65.5 Å². The quantitative estimate of drug-likeness (QED) is 0.323. The summed E-state index contributed by atoms with van der Waals surface area (Å²) in [5.74, 6) is -1.73. The lowest BCUT2D eigenvalue weighted by atomic mass is 9.76. The van der Waals surface area contributed by atoms with E-state index in [-0.39, 0.29) is 23.3 Å². The smallest absolute Gasteiger partial charge is 0.410 e. The van der Waals surface area contributed by atoms with Gasteiger partial charge in [0.15, 0.2) is 0 Å². The molecule has 2 aliphatic rings. The van der Waals surface area contributed by atoms with Gasteiger partial charge in [0.05, 0.1) is 34.2 Å². The van der Waals surface area contributed by atoms with Crippen molar-refractivity contribution in [2.24, 2.45) is 0 Å². The van der Waals surface area contributed by atoms with Gasteiger partial charge >= 0.3 is 6.09 Å². The van der Waals surface area contributed by atoms with Crippen LogP contribution in [0.25, 0.3) is 0 Å². The van der Waals surface area contributed by atoms with E-state index in [0.29, 0.717) is 41.3 Å².